The van der Waals surface area contributed by atoms with Gasteiger partial charge in [-0.25, -0.2) is 4.79 Å². The van der Waals surface area contributed by atoms with E-state index in [1.165, 1.54) is 0 Å². The summed E-state index contributed by atoms with van der Waals surface area (Å²) in [4.78, 5) is 27.2. The highest BCUT2D eigenvalue weighted by Crippen LogP contribution is 2.31. The largest absolute Gasteiger partial charge is 0.489 e. The van der Waals surface area contributed by atoms with Crippen molar-refractivity contribution in [3.05, 3.63) is 23.9 Å². The van der Waals surface area contributed by atoms with Crippen molar-refractivity contribution < 1.29 is 19.1 Å². The van der Waals surface area contributed by atoms with E-state index >= 15 is 0 Å². The fraction of sp³-hybridized carbons (Fsp3) is 0.625. The second-order valence-corrected chi connectivity index (χ2v) is 9.71. The number of benzene rings is 1. The standard InChI is InChI=1S/C24H34N4O4/c1-24(2,3)32-23(30)25-17-10-13-27(14-11-17)12-5-4-8-19(29)21-18-7-6-9-20-22(18)28(26-21)15-16-31-20/h6-7,9,17H,4-5,8,10-16H2,1-3H3,(H,25,30). The fourth-order valence-electron chi connectivity index (χ4n) is 4.45. The first kappa shape index (κ1) is 22.6. The lowest BCUT2D eigenvalue weighted by Crippen LogP contribution is -2.46. The minimum absolute atomic E-state index is 0.105. The van der Waals surface area contributed by atoms with E-state index in [0.717, 1.165) is 62.0 Å². The Bertz CT molecular complexity index is 970. The van der Waals surface area contributed by atoms with Crippen LogP contribution in [0.3, 0.4) is 0 Å². The first-order valence-electron chi connectivity index (χ1n) is 11.7. The quantitative estimate of drug-likeness (QED) is 0.519. The van der Waals surface area contributed by atoms with E-state index in [4.69, 9.17) is 9.47 Å². The minimum Gasteiger partial charge on any atom is -0.489 e. The summed E-state index contributed by atoms with van der Waals surface area (Å²) in [5.74, 6) is 0.915. The van der Waals surface area contributed by atoms with Crippen LogP contribution in [0.15, 0.2) is 18.2 Å². The van der Waals surface area contributed by atoms with Crippen LogP contribution in [0.25, 0.3) is 10.9 Å². The first-order chi connectivity index (χ1) is 15.3. The zero-order valence-corrected chi connectivity index (χ0v) is 19.4. The monoisotopic (exact) mass is 442 g/mol. The van der Waals surface area contributed by atoms with Gasteiger partial charge in [0.2, 0.25) is 0 Å². The number of aromatic nitrogens is 2. The molecule has 8 nitrogen and oxygen atoms in total. The van der Waals surface area contributed by atoms with Gasteiger partial charge >= 0.3 is 6.09 Å². The van der Waals surface area contributed by atoms with Crippen LogP contribution in [-0.2, 0) is 11.3 Å². The van der Waals surface area contributed by atoms with E-state index < -0.39 is 5.60 Å². The number of likely N-dealkylation sites (tertiary alicyclic amines) is 1. The summed E-state index contributed by atoms with van der Waals surface area (Å²) in [6.45, 7) is 9.76. The Hall–Kier alpha value is -2.61. The molecule has 2 aromatic rings. The maximum absolute atomic E-state index is 12.8. The lowest BCUT2D eigenvalue weighted by molar-refractivity contribution is 0.0479. The molecule has 0 radical (unpaired) electrons. The summed E-state index contributed by atoms with van der Waals surface area (Å²) in [5, 5.41) is 8.45. The number of nitrogens with one attached hydrogen (secondary N) is 1. The molecule has 0 unspecified atom stereocenters. The highest BCUT2D eigenvalue weighted by atomic mass is 16.6. The Morgan fingerprint density at radius 1 is 1.19 bits per heavy atom. The second-order valence-electron chi connectivity index (χ2n) is 9.71. The number of alkyl carbamates (subject to hydrolysis) is 1. The zero-order valence-electron chi connectivity index (χ0n) is 19.4. The summed E-state index contributed by atoms with van der Waals surface area (Å²) in [5.41, 5.74) is 1.03. The summed E-state index contributed by atoms with van der Waals surface area (Å²) in [6, 6.07) is 5.98. The van der Waals surface area contributed by atoms with Gasteiger partial charge in [-0.2, -0.15) is 5.10 Å². The third kappa shape index (κ3) is 5.41. The lowest BCUT2D eigenvalue weighted by atomic mass is 10.0. The molecule has 0 saturated carbocycles. The van der Waals surface area contributed by atoms with Gasteiger partial charge in [0.25, 0.3) is 0 Å². The maximum Gasteiger partial charge on any atom is 0.407 e. The molecular weight excluding hydrogens is 408 g/mol. The third-order valence-electron chi connectivity index (χ3n) is 5.99. The summed E-state index contributed by atoms with van der Waals surface area (Å²) in [6.07, 6.45) is 3.84. The molecule has 32 heavy (non-hydrogen) atoms. The van der Waals surface area contributed by atoms with Crippen molar-refractivity contribution in [2.75, 3.05) is 26.2 Å². The van der Waals surface area contributed by atoms with Gasteiger partial charge in [-0.05, 0) is 59.1 Å². The van der Waals surface area contributed by atoms with Crippen molar-refractivity contribution in [3.8, 4) is 5.75 Å². The van der Waals surface area contributed by atoms with Gasteiger partial charge in [0.1, 0.15) is 29.2 Å². The second kappa shape index (κ2) is 9.48. The maximum atomic E-state index is 12.8. The number of amides is 1. The molecule has 2 aliphatic rings. The highest BCUT2D eigenvalue weighted by molar-refractivity contribution is 6.07. The van der Waals surface area contributed by atoms with Crippen LogP contribution in [0.1, 0.15) is 63.4 Å². The topological polar surface area (TPSA) is 85.7 Å². The summed E-state index contributed by atoms with van der Waals surface area (Å²) < 4.78 is 12.9. The van der Waals surface area contributed by atoms with Crippen LogP contribution in [0.2, 0.25) is 0 Å². The van der Waals surface area contributed by atoms with Crippen molar-refractivity contribution in [2.45, 2.75) is 71.1 Å². The molecule has 1 saturated heterocycles. The van der Waals surface area contributed by atoms with Crippen LogP contribution in [0.5, 0.6) is 5.75 Å². The van der Waals surface area contributed by atoms with E-state index in [9.17, 15) is 9.59 Å². The summed E-state index contributed by atoms with van der Waals surface area (Å²) in [7, 11) is 0. The van der Waals surface area contributed by atoms with Crippen molar-refractivity contribution in [1.29, 1.82) is 0 Å². The number of nitrogens with zero attached hydrogens (tertiary/aromatic N) is 3. The van der Waals surface area contributed by atoms with Crippen molar-refractivity contribution in [3.63, 3.8) is 0 Å². The van der Waals surface area contributed by atoms with Crippen molar-refractivity contribution >= 4 is 22.8 Å². The number of para-hydroxylation sites is 1. The lowest BCUT2D eigenvalue weighted by Gasteiger charge is -2.32. The van der Waals surface area contributed by atoms with Crippen LogP contribution >= 0.6 is 0 Å². The van der Waals surface area contributed by atoms with E-state index in [1.807, 2.05) is 43.7 Å². The predicted octanol–water partition coefficient (Wildman–Crippen LogP) is 3.77. The Balaban J connectivity index is 1.19. The average molecular weight is 443 g/mol. The number of carbonyl (C=O) groups is 2. The SMILES string of the molecule is CC(C)(C)OC(=O)NC1CCN(CCCCC(=O)c2nn3c4c(cccc24)OCC3)CC1. The molecule has 3 heterocycles. The molecule has 0 spiro atoms. The number of unbranched alkanes of at least 4 members (excludes halogenated alkanes) is 1. The number of piperidine rings is 1. The molecule has 8 heteroatoms. The number of Topliss-reactive ketones (excluding diaryl/α,β-unsaturated/α-hetero) is 1. The number of ether oxygens (including phenoxy) is 2. The predicted molar refractivity (Wildman–Crippen MR) is 122 cm³/mol. The van der Waals surface area contributed by atoms with E-state index in [0.29, 0.717) is 25.3 Å². The van der Waals surface area contributed by atoms with Gasteiger partial charge in [-0.1, -0.05) is 12.1 Å². The van der Waals surface area contributed by atoms with E-state index in [-0.39, 0.29) is 17.9 Å². The summed E-state index contributed by atoms with van der Waals surface area (Å²) >= 11 is 0. The molecule has 1 aromatic heterocycles. The number of ketones is 1. The third-order valence-corrected chi connectivity index (χ3v) is 5.99. The van der Waals surface area contributed by atoms with Crippen LogP contribution in [0, 0.1) is 0 Å². The molecule has 174 valence electrons. The van der Waals surface area contributed by atoms with Gasteiger partial charge in [-0.15, -0.1) is 0 Å². The molecule has 1 aromatic carbocycles. The van der Waals surface area contributed by atoms with Crippen molar-refractivity contribution in [1.82, 2.24) is 20.0 Å². The van der Waals surface area contributed by atoms with Crippen LogP contribution in [0.4, 0.5) is 4.79 Å². The Morgan fingerprint density at radius 2 is 1.97 bits per heavy atom. The fourth-order valence-corrected chi connectivity index (χ4v) is 4.45. The smallest absolute Gasteiger partial charge is 0.407 e. The molecular formula is C24H34N4O4. The Labute approximate surface area is 189 Å². The number of rotatable bonds is 7. The van der Waals surface area contributed by atoms with Crippen LogP contribution in [-0.4, -0.2) is 64.4 Å². The van der Waals surface area contributed by atoms with E-state index in [2.05, 4.69) is 15.3 Å². The molecule has 0 aliphatic carbocycles. The Kier molecular flexibility index (Phi) is 6.69. The molecule has 1 fully saturated rings. The van der Waals surface area contributed by atoms with Gasteiger partial charge in [0.05, 0.1) is 6.54 Å². The molecule has 4 rings (SSSR count). The molecule has 0 atom stereocenters. The minimum atomic E-state index is -0.473. The number of hydrogen-bond donors (Lipinski definition) is 1. The molecule has 2 aliphatic heterocycles. The zero-order chi connectivity index (χ0) is 22.7. The number of carbonyl (C=O) groups excluding carboxylic acids is 2. The van der Waals surface area contributed by atoms with Gasteiger partial charge in [-0.3, -0.25) is 9.48 Å². The van der Waals surface area contributed by atoms with Crippen molar-refractivity contribution in [2.24, 2.45) is 0 Å². The average Bonchev–Trinajstić information content (AvgIpc) is 3.12. The van der Waals surface area contributed by atoms with Gasteiger partial charge in [0, 0.05) is 30.9 Å². The van der Waals surface area contributed by atoms with Crippen LogP contribution < -0.4 is 10.1 Å². The van der Waals surface area contributed by atoms with Gasteiger partial charge in [0.15, 0.2) is 5.78 Å². The molecule has 0 bridgehead atoms. The molecule has 1 amide bonds. The highest BCUT2D eigenvalue weighted by Gasteiger charge is 2.24. The normalized spacial score (nSPS) is 17.2. The van der Waals surface area contributed by atoms with E-state index in [1.54, 1.807) is 0 Å². The molecule has 1 N–H and O–H groups in total. The first-order valence-corrected chi connectivity index (χ1v) is 11.7. The van der Waals surface area contributed by atoms with Gasteiger partial charge < -0.3 is 19.7 Å². The Morgan fingerprint density at radius 3 is 2.72 bits per heavy atom. The number of hydrogen-bond acceptors (Lipinski definition) is 6.